The van der Waals surface area contributed by atoms with Crippen molar-refractivity contribution in [2.24, 2.45) is 4.99 Å². The first-order chi connectivity index (χ1) is 13.3. The van der Waals surface area contributed by atoms with Gasteiger partial charge in [0.2, 0.25) is 5.88 Å². The number of rotatable bonds is 10. The summed E-state index contributed by atoms with van der Waals surface area (Å²) in [6.45, 7) is 4.67. The predicted octanol–water partition coefficient (Wildman–Crippen LogP) is 3.59. The van der Waals surface area contributed by atoms with Crippen molar-refractivity contribution in [3.05, 3.63) is 48.2 Å². The molecule has 7 nitrogen and oxygen atoms in total. The van der Waals surface area contributed by atoms with E-state index >= 15 is 0 Å². The van der Waals surface area contributed by atoms with Gasteiger partial charge in [-0.2, -0.15) is 0 Å². The summed E-state index contributed by atoms with van der Waals surface area (Å²) < 4.78 is 16.4. The van der Waals surface area contributed by atoms with Gasteiger partial charge in [-0.15, -0.1) is 24.0 Å². The number of ether oxygens (including phenoxy) is 3. The summed E-state index contributed by atoms with van der Waals surface area (Å²) in [4.78, 5) is 8.57. The first kappa shape index (κ1) is 24.0. The minimum absolute atomic E-state index is 0. The molecule has 2 N–H and O–H groups in total. The van der Waals surface area contributed by atoms with Gasteiger partial charge in [-0.1, -0.05) is 18.2 Å². The minimum Gasteiger partial charge on any atom is -0.490 e. The minimum atomic E-state index is 0. The molecule has 1 aromatic heterocycles. The van der Waals surface area contributed by atoms with Crippen molar-refractivity contribution in [3.8, 4) is 17.4 Å². The number of pyridine rings is 1. The first-order valence-electron chi connectivity index (χ1n) is 9.05. The van der Waals surface area contributed by atoms with E-state index in [-0.39, 0.29) is 24.0 Å². The Labute approximate surface area is 183 Å². The second-order valence-corrected chi connectivity index (χ2v) is 5.69. The Morgan fingerprint density at radius 1 is 1.11 bits per heavy atom. The Bertz CT molecular complexity index is 711. The van der Waals surface area contributed by atoms with Crippen LogP contribution in [0, 0.1) is 0 Å². The fourth-order valence-electron chi connectivity index (χ4n) is 2.33. The second kappa shape index (κ2) is 14.0. The summed E-state index contributed by atoms with van der Waals surface area (Å²) >= 11 is 0. The Morgan fingerprint density at radius 2 is 1.89 bits per heavy atom. The maximum absolute atomic E-state index is 5.84. The van der Waals surface area contributed by atoms with Crippen LogP contribution in [0.1, 0.15) is 18.9 Å². The summed E-state index contributed by atoms with van der Waals surface area (Å²) in [5, 5.41) is 6.49. The molecule has 1 aromatic carbocycles. The van der Waals surface area contributed by atoms with Gasteiger partial charge in [-0.3, -0.25) is 4.99 Å². The largest absolute Gasteiger partial charge is 0.490 e. The number of nitrogens with one attached hydrogen (secondary N) is 2. The molecule has 0 spiro atoms. The van der Waals surface area contributed by atoms with E-state index in [9.17, 15) is 0 Å². The lowest BCUT2D eigenvalue weighted by atomic mass is 10.3. The molecule has 0 unspecified atom stereocenters. The maximum Gasteiger partial charge on any atom is 0.219 e. The van der Waals surface area contributed by atoms with E-state index in [1.807, 2.05) is 43.3 Å². The van der Waals surface area contributed by atoms with Crippen LogP contribution in [0.5, 0.6) is 17.4 Å². The number of hydrogen-bond donors (Lipinski definition) is 2. The normalized spacial score (nSPS) is 10.8. The van der Waals surface area contributed by atoms with Crippen LogP contribution < -0.4 is 20.1 Å². The monoisotopic (exact) mass is 500 g/mol. The molecular formula is C20H29IN4O3. The van der Waals surface area contributed by atoms with E-state index in [1.54, 1.807) is 20.4 Å². The van der Waals surface area contributed by atoms with Crippen molar-refractivity contribution in [1.29, 1.82) is 0 Å². The maximum atomic E-state index is 5.84. The number of nitrogens with zero attached hydrogens (tertiary/aromatic N) is 2. The molecule has 0 aliphatic heterocycles. The van der Waals surface area contributed by atoms with Crippen LogP contribution >= 0.6 is 24.0 Å². The fourth-order valence-corrected chi connectivity index (χ4v) is 2.33. The zero-order chi connectivity index (χ0) is 19.3. The van der Waals surface area contributed by atoms with Gasteiger partial charge in [-0.25, -0.2) is 4.98 Å². The number of aliphatic imine (C=N–C) groups is 1. The third-order valence-corrected chi connectivity index (χ3v) is 3.66. The molecule has 0 fully saturated rings. The molecule has 0 bridgehead atoms. The summed E-state index contributed by atoms with van der Waals surface area (Å²) in [6, 6.07) is 11.4. The van der Waals surface area contributed by atoms with Crippen LogP contribution in [0.4, 0.5) is 0 Å². The van der Waals surface area contributed by atoms with Gasteiger partial charge >= 0.3 is 0 Å². The van der Waals surface area contributed by atoms with E-state index in [1.165, 1.54) is 0 Å². The third kappa shape index (κ3) is 8.30. The van der Waals surface area contributed by atoms with E-state index in [0.29, 0.717) is 30.5 Å². The van der Waals surface area contributed by atoms with Gasteiger partial charge in [0.1, 0.15) is 0 Å². The van der Waals surface area contributed by atoms with Crippen molar-refractivity contribution in [2.75, 3.05) is 33.9 Å². The predicted molar refractivity (Wildman–Crippen MR) is 122 cm³/mol. The quantitative estimate of drug-likeness (QED) is 0.225. The molecule has 28 heavy (non-hydrogen) atoms. The molecule has 1 heterocycles. The lowest BCUT2D eigenvalue weighted by Gasteiger charge is -2.12. The molecule has 0 saturated heterocycles. The third-order valence-electron chi connectivity index (χ3n) is 3.66. The summed E-state index contributed by atoms with van der Waals surface area (Å²) in [7, 11) is 3.44. The lowest BCUT2D eigenvalue weighted by molar-refractivity contribution is 0.195. The SMILES string of the molecule is CCOc1ccccc1Oc1ccc(CNC(=NC)NCCCOC)cn1.I. The van der Waals surface area contributed by atoms with Crippen LogP contribution in [0.25, 0.3) is 0 Å². The molecule has 0 aliphatic carbocycles. The summed E-state index contributed by atoms with van der Waals surface area (Å²) in [5.41, 5.74) is 1.03. The molecule has 0 saturated carbocycles. The molecule has 154 valence electrons. The van der Waals surface area contributed by atoms with Crippen LogP contribution in [-0.2, 0) is 11.3 Å². The Hall–Kier alpha value is -2.07. The number of para-hydroxylation sites is 2. The van der Waals surface area contributed by atoms with Crippen molar-refractivity contribution >= 4 is 29.9 Å². The average Bonchev–Trinajstić information content (AvgIpc) is 2.70. The number of guanidine groups is 1. The summed E-state index contributed by atoms with van der Waals surface area (Å²) in [5.74, 6) is 2.62. The number of hydrogen-bond acceptors (Lipinski definition) is 5. The van der Waals surface area contributed by atoms with Crippen molar-refractivity contribution < 1.29 is 14.2 Å². The van der Waals surface area contributed by atoms with Crippen molar-refractivity contribution in [3.63, 3.8) is 0 Å². The van der Waals surface area contributed by atoms with E-state index in [4.69, 9.17) is 14.2 Å². The van der Waals surface area contributed by atoms with Gasteiger partial charge in [0.05, 0.1) is 6.61 Å². The zero-order valence-corrected chi connectivity index (χ0v) is 18.9. The van der Waals surface area contributed by atoms with E-state index in [2.05, 4.69) is 20.6 Å². The van der Waals surface area contributed by atoms with Crippen molar-refractivity contribution in [2.45, 2.75) is 19.9 Å². The van der Waals surface area contributed by atoms with Crippen LogP contribution in [0.2, 0.25) is 0 Å². The van der Waals surface area contributed by atoms with Gasteiger partial charge in [0, 0.05) is 46.1 Å². The van der Waals surface area contributed by atoms with Gasteiger partial charge < -0.3 is 24.8 Å². The van der Waals surface area contributed by atoms with Crippen LogP contribution in [0.15, 0.2) is 47.6 Å². The molecule has 0 radical (unpaired) electrons. The zero-order valence-electron chi connectivity index (χ0n) is 16.6. The Balaban J connectivity index is 0.00000392. The molecule has 0 aliphatic rings. The molecule has 0 amide bonds. The summed E-state index contributed by atoms with van der Waals surface area (Å²) in [6.07, 6.45) is 2.71. The highest BCUT2D eigenvalue weighted by Crippen LogP contribution is 2.30. The number of methoxy groups -OCH3 is 1. The Kier molecular flexibility index (Phi) is 12.0. The highest BCUT2D eigenvalue weighted by Gasteiger charge is 2.06. The molecular weight excluding hydrogens is 471 g/mol. The van der Waals surface area contributed by atoms with Crippen molar-refractivity contribution in [1.82, 2.24) is 15.6 Å². The first-order valence-corrected chi connectivity index (χ1v) is 9.05. The molecule has 0 atom stereocenters. The topological polar surface area (TPSA) is 77.0 Å². The van der Waals surface area contributed by atoms with Crippen LogP contribution in [-0.4, -0.2) is 44.9 Å². The Morgan fingerprint density at radius 3 is 2.54 bits per heavy atom. The highest BCUT2D eigenvalue weighted by atomic mass is 127. The highest BCUT2D eigenvalue weighted by molar-refractivity contribution is 14.0. The number of halogens is 1. The van der Waals surface area contributed by atoms with Crippen LogP contribution in [0.3, 0.4) is 0 Å². The number of benzene rings is 1. The standard InChI is InChI=1S/C20H28N4O3.HI/c1-4-26-17-8-5-6-9-18(17)27-19-11-10-16(14-23-19)15-24-20(21-2)22-12-7-13-25-3;/h5-6,8-11,14H,4,7,12-13,15H2,1-3H3,(H2,21,22,24);1H. The fraction of sp³-hybridized carbons (Fsp3) is 0.400. The van der Waals surface area contributed by atoms with E-state index in [0.717, 1.165) is 31.1 Å². The lowest BCUT2D eigenvalue weighted by Crippen LogP contribution is -2.37. The molecule has 2 aromatic rings. The second-order valence-electron chi connectivity index (χ2n) is 5.69. The molecule has 8 heteroatoms. The van der Waals surface area contributed by atoms with E-state index < -0.39 is 0 Å². The average molecular weight is 500 g/mol. The van der Waals surface area contributed by atoms with Gasteiger partial charge in [-0.05, 0) is 31.0 Å². The van der Waals surface area contributed by atoms with Gasteiger partial charge in [0.25, 0.3) is 0 Å². The van der Waals surface area contributed by atoms with Gasteiger partial charge in [0.15, 0.2) is 17.5 Å². The molecule has 2 rings (SSSR count). The number of aromatic nitrogens is 1. The smallest absolute Gasteiger partial charge is 0.219 e.